The summed E-state index contributed by atoms with van der Waals surface area (Å²) in [5.74, 6) is -2.22. The summed E-state index contributed by atoms with van der Waals surface area (Å²) in [6, 6.07) is 19.8. The lowest BCUT2D eigenvalue weighted by Crippen LogP contribution is -2.17. The fourth-order valence-electron chi connectivity index (χ4n) is 7.11. The van der Waals surface area contributed by atoms with E-state index in [1.165, 1.54) is 51.6 Å². The number of hydrogen-bond acceptors (Lipinski definition) is 7. The minimum Gasteiger partial charge on any atom is -0.396 e. The maximum atomic E-state index is 15.0. The fraction of sp³-hybridized carbons (Fsp3) is 0.208. The zero-order valence-electron chi connectivity index (χ0n) is 35.2. The van der Waals surface area contributed by atoms with Crippen molar-refractivity contribution < 1.29 is 27.2 Å². The quantitative estimate of drug-likeness (QED) is 0.101. The molecule has 8 rings (SSSR count). The first-order valence-corrected chi connectivity index (χ1v) is 20.3. The first-order chi connectivity index (χ1) is 29.9. The van der Waals surface area contributed by atoms with E-state index >= 15 is 0 Å². The first kappa shape index (κ1) is 45.6. The minimum absolute atomic E-state index is 0.0153. The standard InChI is InChI=1S/C24H21F2N3O2.C21H17F2N3O.C3H5ClO/c1-4-22(30)28-21-10-17-18(9-20(21)26)24(14-5-7-15(25)8-6-14)27-13(2)16-11-23(31)29(3)12-19(16)17;1-11-14-9-20(27)26(2)10-17(14)15-8-19(24)18(23)7-16(15)21(25-11)12-3-5-13(22)6-4-12;1-2-3(4)5/h5-13H,4H2,1-3H3,(H,28,30);3-11H,24H2,1-2H3;2H2,1H3/t13-;11-;/m00./s1. The number of amides is 1. The molecule has 0 aliphatic carbocycles. The van der Waals surface area contributed by atoms with Gasteiger partial charge in [0.05, 0.1) is 34.9 Å². The molecule has 0 saturated carbocycles. The Morgan fingerprint density at radius 3 is 1.46 bits per heavy atom. The lowest BCUT2D eigenvalue weighted by Gasteiger charge is -2.16. The fourth-order valence-corrected chi connectivity index (χ4v) is 7.11. The first-order valence-electron chi connectivity index (χ1n) is 19.9. The van der Waals surface area contributed by atoms with E-state index in [1.54, 1.807) is 82.8 Å². The molecule has 2 aliphatic heterocycles. The van der Waals surface area contributed by atoms with Crippen LogP contribution in [-0.4, -0.2) is 31.7 Å². The third-order valence-electron chi connectivity index (χ3n) is 10.5. The topological polar surface area (TPSA) is 141 Å². The predicted molar refractivity (Wildman–Crippen MR) is 240 cm³/mol. The second kappa shape index (κ2) is 19.0. The summed E-state index contributed by atoms with van der Waals surface area (Å²) < 4.78 is 59.1. The van der Waals surface area contributed by atoms with E-state index in [2.05, 4.69) is 5.32 Å². The van der Waals surface area contributed by atoms with Gasteiger partial charge < -0.3 is 20.2 Å². The number of aryl methyl sites for hydroxylation is 2. The molecule has 0 bridgehead atoms. The van der Waals surface area contributed by atoms with Crippen molar-refractivity contribution in [2.24, 2.45) is 24.1 Å². The van der Waals surface area contributed by atoms with Gasteiger partial charge in [0.15, 0.2) is 0 Å². The van der Waals surface area contributed by atoms with Crippen LogP contribution in [0, 0.1) is 23.3 Å². The lowest BCUT2D eigenvalue weighted by atomic mass is 9.91. The van der Waals surface area contributed by atoms with Gasteiger partial charge in [-0.2, -0.15) is 0 Å². The molecule has 0 spiro atoms. The van der Waals surface area contributed by atoms with Gasteiger partial charge in [0.2, 0.25) is 11.1 Å². The van der Waals surface area contributed by atoms with E-state index in [0.29, 0.717) is 56.8 Å². The van der Waals surface area contributed by atoms with Gasteiger partial charge in [-0.3, -0.25) is 29.2 Å². The number of carbonyl (C=O) groups is 2. The van der Waals surface area contributed by atoms with Crippen molar-refractivity contribution in [3.8, 4) is 22.3 Å². The number of nitrogen functional groups attached to an aromatic ring is 1. The van der Waals surface area contributed by atoms with E-state index in [-0.39, 0.29) is 57.7 Å². The molecule has 0 unspecified atom stereocenters. The molecule has 2 aromatic heterocycles. The average Bonchev–Trinajstić information content (AvgIpc) is 3.43. The van der Waals surface area contributed by atoms with Crippen LogP contribution >= 0.6 is 11.6 Å². The van der Waals surface area contributed by atoms with Gasteiger partial charge in [-0.05, 0) is 120 Å². The molecule has 2 atom stereocenters. The van der Waals surface area contributed by atoms with Crippen LogP contribution in [0.25, 0.3) is 22.3 Å². The van der Waals surface area contributed by atoms with Gasteiger partial charge in [0.25, 0.3) is 11.1 Å². The van der Waals surface area contributed by atoms with E-state index in [4.69, 9.17) is 27.3 Å². The molecule has 4 aromatic carbocycles. The number of carbonyl (C=O) groups excluding carboxylic acids is 2. The molecule has 63 heavy (non-hydrogen) atoms. The number of hydrogen-bond donors (Lipinski definition) is 2. The molecule has 15 heteroatoms. The number of anilines is 2. The third kappa shape index (κ3) is 9.92. The van der Waals surface area contributed by atoms with E-state index in [1.807, 2.05) is 13.8 Å². The van der Waals surface area contributed by atoms with Crippen molar-refractivity contribution in [2.75, 3.05) is 11.1 Å². The zero-order valence-corrected chi connectivity index (χ0v) is 36.0. The van der Waals surface area contributed by atoms with Gasteiger partial charge in [-0.1, -0.05) is 13.8 Å². The molecular weight excluding hydrogens is 836 g/mol. The summed E-state index contributed by atoms with van der Waals surface area (Å²) in [5, 5.41) is 2.32. The van der Waals surface area contributed by atoms with Crippen molar-refractivity contribution in [1.82, 2.24) is 9.13 Å². The second-order valence-electron chi connectivity index (χ2n) is 14.9. The molecule has 0 saturated heterocycles. The van der Waals surface area contributed by atoms with Crippen molar-refractivity contribution in [3.63, 3.8) is 0 Å². The lowest BCUT2D eigenvalue weighted by molar-refractivity contribution is -0.116. The van der Waals surface area contributed by atoms with Crippen LogP contribution in [0.4, 0.5) is 28.9 Å². The highest BCUT2D eigenvalue weighted by Crippen LogP contribution is 2.40. The molecule has 0 fully saturated rings. The number of pyridine rings is 2. The maximum Gasteiger partial charge on any atom is 0.250 e. The summed E-state index contributed by atoms with van der Waals surface area (Å²) >= 11 is 4.82. The van der Waals surface area contributed by atoms with Crippen LogP contribution in [0.2, 0.25) is 0 Å². The number of nitrogens with zero attached hydrogens (tertiary/aromatic N) is 4. The third-order valence-corrected chi connectivity index (χ3v) is 10.8. The number of aliphatic imine (C=N–C) groups is 2. The SMILES string of the molecule is CCC(=O)Cl.CCC(=O)Nc1cc2c(cc1F)C(c1ccc(F)cc1)=N[C@@H](C)c1cc(=O)n(C)cc1-2.C[C@@H]1N=C(c2ccc(F)cc2)c2cc(F)c(N)cc2-c2cn(C)c(=O)cc21. The number of benzene rings is 4. The van der Waals surface area contributed by atoms with Crippen LogP contribution in [0.3, 0.4) is 0 Å². The van der Waals surface area contributed by atoms with Crippen LogP contribution in [-0.2, 0) is 23.7 Å². The molecule has 6 aromatic rings. The van der Waals surface area contributed by atoms with E-state index in [9.17, 15) is 36.7 Å². The number of rotatable bonds is 5. The van der Waals surface area contributed by atoms with Crippen LogP contribution in [0.1, 0.15) is 86.0 Å². The number of aromatic nitrogens is 2. The van der Waals surface area contributed by atoms with Crippen molar-refractivity contribution in [3.05, 3.63) is 175 Å². The summed E-state index contributed by atoms with van der Waals surface area (Å²) in [6.07, 6.45) is 4.05. The Morgan fingerprint density at radius 2 is 1.05 bits per heavy atom. The van der Waals surface area contributed by atoms with Crippen molar-refractivity contribution >= 4 is 45.5 Å². The van der Waals surface area contributed by atoms with Crippen LogP contribution in [0.5, 0.6) is 0 Å². The molecule has 324 valence electrons. The van der Waals surface area contributed by atoms with Gasteiger partial charge >= 0.3 is 0 Å². The minimum atomic E-state index is -0.601. The van der Waals surface area contributed by atoms with Gasteiger partial charge in [-0.15, -0.1) is 0 Å². The Hall–Kier alpha value is -6.93. The normalized spacial score (nSPS) is 14.6. The second-order valence-corrected chi connectivity index (χ2v) is 15.3. The van der Waals surface area contributed by atoms with E-state index in [0.717, 1.165) is 16.7 Å². The van der Waals surface area contributed by atoms with Gasteiger partial charge in [0.1, 0.15) is 23.3 Å². The number of halogens is 5. The van der Waals surface area contributed by atoms with E-state index < -0.39 is 17.7 Å². The van der Waals surface area contributed by atoms with Crippen LogP contribution < -0.4 is 22.2 Å². The predicted octanol–water partition coefficient (Wildman–Crippen LogP) is 9.58. The van der Waals surface area contributed by atoms with Crippen molar-refractivity contribution in [2.45, 2.75) is 52.6 Å². The molecule has 10 nitrogen and oxygen atoms in total. The number of nitrogens with two attached hydrogens (primary N) is 1. The largest absolute Gasteiger partial charge is 0.396 e. The van der Waals surface area contributed by atoms with Crippen molar-refractivity contribution in [1.29, 1.82) is 0 Å². The number of nitrogens with one attached hydrogen (secondary N) is 1. The highest BCUT2D eigenvalue weighted by atomic mass is 35.5. The molecule has 4 heterocycles. The summed E-state index contributed by atoms with van der Waals surface area (Å²) in [4.78, 5) is 55.5. The Labute approximate surface area is 365 Å². The zero-order chi connectivity index (χ0) is 45.9. The monoisotopic (exact) mass is 878 g/mol. The summed E-state index contributed by atoms with van der Waals surface area (Å²) in [5.41, 5.74) is 13.2. The smallest absolute Gasteiger partial charge is 0.250 e. The highest BCUT2D eigenvalue weighted by molar-refractivity contribution is 6.63. The Morgan fingerprint density at radius 1 is 0.635 bits per heavy atom. The Balaban J connectivity index is 0.000000191. The maximum absolute atomic E-state index is 15.0. The van der Waals surface area contributed by atoms with Gasteiger partial charge in [-0.25, -0.2) is 17.6 Å². The molecular formula is C48H43ClF4N6O4. The summed E-state index contributed by atoms with van der Waals surface area (Å²) in [6.45, 7) is 7.12. The van der Waals surface area contributed by atoms with Gasteiger partial charge in [0, 0.05) is 84.8 Å². The average molecular weight is 879 g/mol. The molecule has 2 aliphatic rings. The Kier molecular flexibility index (Phi) is 13.7. The molecule has 3 N–H and O–H groups in total. The molecule has 0 radical (unpaired) electrons. The van der Waals surface area contributed by atoms with Crippen LogP contribution in [0.15, 0.2) is 117 Å². The Bertz CT molecular complexity index is 2940. The summed E-state index contributed by atoms with van der Waals surface area (Å²) in [7, 11) is 3.30. The number of fused-ring (bicyclic) bond motifs is 6. The molecule has 1 amide bonds. The highest BCUT2D eigenvalue weighted by Gasteiger charge is 2.27.